The fourth-order valence-corrected chi connectivity index (χ4v) is 1.08. The minimum absolute atomic E-state index is 0.00241. The van der Waals surface area contributed by atoms with Crippen LogP contribution in [-0.2, 0) is 14.3 Å². The number of methoxy groups -OCH3 is 1. The number of hydrogen-bond acceptors (Lipinski definition) is 3. The Morgan fingerprint density at radius 2 is 2.36 bits per heavy atom. The summed E-state index contributed by atoms with van der Waals surface area (Å²) in [6, 6.07) is 0. The van der Waals surface area contributed by atoms with E-state index in [9.17, 15) is 4.79 Å². The van der Waals surface area contributed by atoms with Crippen molar-refractivity contribution in [1.29, 1.82) is 0 Å². The minimum Gasteiger partial charge on any atom is -0.501 e. The van der Waals surface area contributed by atoms with Gasteiger partial charge < -0.3 is 9.47 Å². The fourth-order valence-electron chi connectivity index (χ4n) is 1.08. The molecule has 0 aromatic carbocycles. The zero-order valence-electron chi connectivity index (χ0n) is 7.01. The maximum Gasteiger partial charge on any atom is 0.337 e. The molecule has 0 spiro atoms. The van der Waals surface area contributed by atoms with Crippen molar-refractivity contribution in [3.05, 3.63) is 11.3 Å². The van der Waals surface area contributed by atoms with Crippen molar-refractivity contribution >= 4 is 5.97 Å². The van der Waals surface area contributed by atoms with Gasteiger partial charge in [-0.05, 0) is 13.8 Å². The summed E-state index contributed by atoms with van der Waals surface area (Å²) >= 11 is 0. The zero-order valence-corrected chi connectivity index (χ0v) is 7.01. The van der Waals surface area contributed by atoms with Gasteiger partial charge in [-0.15, -0.1) is 0 Å². The molecule has 0 radical (unpaired) electrons. The molecule has 1 rings (SSSR count). The first-order valence-electron chi connectivity index (χ1n) is 3.60. The lowest BCUT2D eigenvalue weighted by molar-refractivity contribution is -0.138. The average Bonchev–Trinajstić information content (AvgIpc) is 2.28. The van der Waals surface area contributed by atoms with Gasteiger partial charge in [-0.1, -0.05) is 0 Å². The molecule has 3 nitrogen and oxygen atoms in total. The van der Waals surface area contributed by atoms with Crippen molar-refractivity contribution in [2.45, 2.75) is 26.4 Å². The van der Waals surface area contributed by atoms with E-state index in [-0.39, 0.29) is 12.1 Å². The molecule has 1 saturated heterocycles. The van der Waals surface area contributed by atoms with Crippen molar-refractivity contribution in [3.8, 4) is 0 Å². The summed E-state index contributed by atoms with van der Waals surface area (Å²) in [5, 5.41) is 0. The van der Waals surface area contributed by atoms with Crippen molar-refractivity contribution in [3.63, 3.8) is 0 Å². The number of carbonyl (C=O) groups excluding carboxylic acids is 1. The topological polar surface area (TPSA) is 35.5 Å². The monoisotopic (exact) mass is 156 g/mol. The van der Waals surface area contributed by atoms with Crippen LogP contribution < -0.4 is 0 Å². The van der Waals surface area contributed by atoms with Gasteiger partial charge in [-0.3, -0.25) is 0 Å². The normalized spacial score (nSPS) is 28.3. The highest BCUT2D eigenvalue weighted by molar-refractivity contribution is 5.91. The summed E-state index contributed by atoms with van der Waals surface area (Å²) in [6.45, 7) is 3.64. The molecule has 0 saturated carbocycles. The molecule has 1 atom stereocenters. The Morgan fingerprint density at radius 3 is 2.73 bits per heavy atom. The molecule has 1 aliphatic heterocycles. The van der Waals surface area contributed by atoms with Crippen LogP contribution in [0.2, 0.25) is 0 Å². The summed E-state index contributed by atoms with van der Waals surface area (Å²) in [5.41, 5.74) is 0.667. The summed E-state index contributed by atoms with van der Waals surface area (Å²) in [4.78, 5) is 11.0. The van der Waals surface area contributed by atoms with E-state index in [2.05, 4.69) is 0 Å². The molecule has 0 N–H and O–H groups in total. The van der Waals surface area contributed by atoms with Gasteiger partial charge in [0.25, 0.3) is 0 Å². The van der Waals surface area contributed by atoms with Gasteiger partial charge in [0.2, 0.25) is 0 Å². The number of allylic oxidation sites excluding steroid dienone is 1. The van der Waals surface area contributed by atoms with Crippen molar-refractivity contribution in [1.82, 2.24) is 0 Å². The van der Waals surface area contributed by atoms with E-state index in [1.54, 1.807) is 14.0 Å². The molecule has 1 fully saturated rings. The number of cyclic esters (lactones) is 1. The maximum atomic E-state index is 11.0. The van der Waals surface area contributed by atoms with Crippen LogP contribution in [0.5, 0.6) is 0 Å². The van der Waals surface area contributed by atoms with Gasteiger partial charge >= 0.3 is 5.97 Å². The van der Waals surface area contributed by atoms with Crippen molar-refractivity contribution < 1.29 is 14.3 Å². The Hall–Kier alpha value is -0.990. The highest BCUT2D eigenvalue weighted by atomic mass is 16.6. The first kappa shape index (κ1) is 8.11. The zero-order chi connectivity index (χ0) is 8.43. The van der Waals surface area contributed by atoms with Crippen LogP contribution in [0.3, 0.4) is 0 Å². The summed E-state index contributed by atoms with van der Waals surface area (Å²) in [5.74, 6) is 0.427. The smallest absolute Gasteiger partial charge is 0.337 e. The molecule has 0 amide bonds. The number of rotatable bonds is 1. The lowest BCUT2D eigenvalue weighted by Gasteiger charge is -1.99. The van der Waals surface area contributed by atoms with Gasteiger partial charge in [0, 0.05) is 6.42 Å². The predicted molar refractivity (Wildman–Crippen MR) is 39.9 cm³/mol. The van der Waals surface area contributed by atoms with E-state index in [4.69, 9.17) is 9.47 Å². The number of hydrogen-bond donors (Lipinski definition) is 0. The molecule has 1 aliphatic rings. The summed E-state index contributed by atoms with van der Waals surface area (Å²) in [7, 11) is 1.55. The average molecular weight is 156 g/mol. The van der Waals surface area contributed by atoms with E-state index in [0.717, 1.165) is 0 Å². The Morgan fingerprint density at radius 1 is 1.73 bits per heavy atom. The fraction of sp³-hybridized carbons (Fsp3) is 0.625. The molecule has 1 heterocycles. The Balaban J connectivity index is 2.82. The van der Waals surface area contributed by atoms with E-state index in [0.29, 0.717) is 17.8 Å². The van der Waals surface area contributed by atoms with Crippen molar-refractivity contribution in [2.24, 2.45) is 0 Å². The molecule has 1 unspecified atom stereocenters. The second-order valence-corrected chi connectivity index (χ2v) is 2.66. The first-order valence-corrected chi connectivity index (χ1v) is 3.60. The van der Waals surface area contributed by atoms with Crippen LogP contribution in [0.1, 0.15) is 20.3 Å². The number of carbonyl (C=O) groups is 1. The van der Waals surface area contributed by atoms with Crippen LogP contribution in [0.25, 0.3) is 0 Å². The maximum absolute atomic E-state index is 11.0. The van der Waals surface area contributed by atoms with Crippen molar-refractivity contribution in [2.75, 3.05) is 7.11 Å². The third-order valence-corrected chi connectivity index (χ3v) is 1.78. The van der Waals surface area contributed by atoms with Crippen LogP contribution in [0.15, 0.2) is 11.3 Å². The second kappa shape index (κ2) is 2.95. The molecule has 0 aromatic heterocycles. The van der Waals surface area contributed by atoms with Gasteiger partial charge in [0.05, 0.1) is 12.7 Å². The third-order valence-electron chi connectivity index (χ3n) is 1.78. The van der Waals surface area contributed by atoms with Gasteiger partial charge in [-0.2, -0.15) is 0 Å². The molecule has 0 aromatic rings. The standard InChI is InChI=1S/C8H12O3/c1-5-4-7(6(2)10-3)8(9)11-5/h5H,4H2,1-3H3/b7-6+. The van der Waals surface area contributed by atoms with Gasteiger partial charge in [0.1, 0.15) is 11.9 Å². The van der Waals surface area contributed by atoms with Crippen LogP contribution in [0.4, 0.5) is 0 Å². The predicted octanol–water partition coefficient (Wildman–Crippen LogP) is 1.24. The first-order chi connectivity index (χ1) is 5.15. The van der Waals surface area contributed by atoms with Crippen LogP contribution in [-0.4, -0.2) is 19.2 Å². The molecular formula is C8H12O3. The van der Waals surface area contributed by atoms with E-state index >= 15 is 0 Å². The summed E-state index contributed by atoms with van der Waals surface area (Å²) in [6.07, 6.45) is 0.668. The van der Waals surface area contributed by atoms with Crippen LogP contribution in [0, 0.1) is 0 Å². The molecule has 0 bridgehead atoms. The largest absolute Gasteiger partial charge is 0.501 e. The molecule has 0 aliphatic carbocycles. The van der Waals surface area contributed by atoms with E-state index in [1.807, 2.05) is 6.92 Å². The molecule has 62 valence electrons. The Bertz CT molecular complexity index is 205. The van der Waals surface area contributed by atoms with E-state index < -0.39 is 0 Å². The summed E-state index contributed by atoms with van der Waals surface area (Å²) < 4.78 is 9.85. The molecular weight excluding hydrogens is 144 g/mol. The van der Waals surface area contributed by atoms with Gasteiger partial charge in [0.15, 0.2) is 0 Å². The second-order valence-electron chi connectivity index (χ2n) is 2.66. The number of ether oxygens (including phenoxy) is 2. The SMILES string of the molecule is CO/C(C)=C1\CC(C)OC1=O. The lowest BCUT2D eigenvalue weighted by Crippen LogP contribution is -2.00. The highest BCUT2D eigenvalue weighted by Gasteiger charge is 2.27. The molecule has 3 heteroatoms. The third kappa shape index (κ3) is 1.53. The van der Waals surface area contributed by atoms with E-state index in [1.165, 1.54) is 0 Å². The minimum atomic E-state index is -0.239. The Kier molecular flexibility index (Phi) is 2.17. The van der Waals surface area contributed by atoms with Gasteiger partial charge in [-0.25, -0.2) is 4.79 Å². The number of esters is 1. The van der Waals surface area contributed by atoms with Crippen LogP contribution >= 0.6 is 0 Å². The quantitative estimate of drug-likeness (QED) is 0.325. The molecule has 11 heavy (non-hydrogen) atoms. The highest BCUT2D eigenvalue weighted by Crippen LogP contribution is 2.22. The Labute approximate surface area is 66.0 Å². The lowest BCUT2D eigenvalue weighted by atomic mass is 10.1.